The summed E-state index contributed by atoms with van der Waals surface area (Å²) in [6, 6.07) is 13.1. The van der Waals surface area contributed by atoms with Crippen LogP contribution in [0.4, 0.5) is 13.2 Å². The van der Waals surface area contributed by atoms with Crippen molar-refractivity contribution in [1.82, 2.24) is 9.36 Å². The second-order valence-corrected chi connectivity index (χ2v) is 5.45. The lowest BCUT2D eigenvalue weighted by Crippen LogP contribution is -2.04. The Hall–Kier alpha value is -2.54. The molecule has 0 fully saturated rings. The van der Waals surface area contributed by atoms with Crippen molar-refractivity contribution < 1.29 is 18.0 Å². The van der Waals surface area contributed by atoms with Gasteiger partial charge in [0.25, 0.3) is 0 Å². The molecular weight excluding hydrogens is 325 g/mol. The summed E-state index contributed by atoms with van der Waals surface area (Å²) in [4.78, 5) is 16.4. The maximum Gasteiger partial charge on any atom is 0.416 e. The molecular formula is C16H9F3N2OS. The average molecular weight is 334 g/mol. The molecule has 0 N–H and O–H groups in total. The van der Waals surface area contributed by atoms with Crippen LogP contribution in [-0.2, 0) is 6.18 Å². The zero-order valence-corrected chi connectivity index (χ0v) is 12.4. The van der Waals surface area contributed by atoms with E-state index in [1.54, 1.807) is 30.3 Å². The van der Waals surface area contributed by atoms with Crippen molar-refractivity contribution in [3.8, 4) is 11.4 Å². The number of aromatic nitrogens is 2. The zero-order chi connectivity index (χ0) is 16.4. The minimum Gasteiger partial charge on any atom is -0.286 e. The van der Waals surface area contributed by atoms with Crippen molar-refractivity contribution in [1.29, 1.82) is 0 Å². The maximum atomic E-state index is 12.5. The molecule has 0 bridgehead atoms. The van der Waals surface area contributed by atoms with E-state index in [1.807, 2.05) is 0 Å². The van der Waals surface area contributed by atoms with E-state index in [-0.39, 0.29) is 16.6 Å². The second-order valence-electron chi connectivity index (χ2n) is 4.69. The first kappa shape index (κ1) is 15.4. The number of halogens is 3. The van der Waals surface area contributed by atoms with Crippen LogP contribution < -0.4 is 0 Å². The Morgan fingerprint density at radius 2 is 1.61 bits per heavy atom. The molecule has 0 atom stereocenters. The molecule has 1 aromatic heterocycles. The highest BCUT2D eigenvalue weighted by Gasteiger charge is 2.30. The smallest absolute Gasteiger partial charge is 0.286 e. The largest absolute Gasteiger partial charge is 0.416 e. The van der Waals surface area contributed by atoms with Gasteiger partial charge in [0.15, 0.2) is 10.8 Å². The Kier molecular flexibility index (Phi) is 3.96. The van der Waals surface area contributed by atoms with Crippen LogP contribution in [0.25, 0.3) is 11.4 Å². The molecule has 23 heavy (non-hydrogen) atoms. The van der Waals surface area contributed by atoms with Crippen molar-refractivity contribution in [2.75, 3.05) is 0 Å². The van der Waals surface area contributed by atoms with E-state index < -0.39 is 11.7 Å². The van der Waals surface area contributed by atoms with Crippen LogP contribution >= 0.6 is 11.5 Å². The van der Waals surface area contributed by atoms with Crippen LogP contribution in [-0.4, -0.2) is 15.1 Å². The van der Waals surface area contributed by atoms with Crippen molar-refractivity contribution in [3.05, 3.63) is 70.7 Å². The Balaban J connectivity index is 1.86. The maximum absolute atomic E-state index is 12.5. The highest BCUT2D eigenvalue weighted by molar-refractivity contribution is 7.08. The van der Waals surface area contributed by atoms with E-state index in [9.17, 15) is 18.0 Å². The number of benzene rings is 2. The Labute approximate surface area is 133 Å². The molecule has 0 unspecified atom stereocenters. The van der Waals surface area contributed by atoms with E-state index in [0.29, 0.717) is 11.1 Å². The summed E-state index contributed by atoms with van der Waals surface area (Å²) >= 11 is 0.924. The lowest BCUT2D eigenvalue weighted by molar-refractivity contribution is -0.137. The fraction of sp³-hybridized carbons (Fsp3) is 0.0625. The van der Waals surface area contributed by atoms with Crippen molar-refractivity contribution in [3.63, 3.8) is 0 Å². The third-order valence-electron chi connectivity index (χ3n) is 3.13. The molecule has 0 amide bonds. The van der Waals surface area contributed by atoms with Gasteiger partial charge in [-0.25, -0.2) is 4.98 Å². The van der Waals surface area contributed by atoms with Gasteiger partial charge in [0.05, 0.1) is 5.56 Å². The predicted octanol–water partition coefficient (Wildman–Crippen LogP) is 4.45. The van der Waals surface area contributed by atoms with Gasteiger partial charge >= 0.3 is 6.18 Å². The number of carbonyl (C=O) groups is 1. The summed E-state index contributed by atoms with van der Waals surface area (Å²) in [5, 5.41) is 0.200. The normalized spacial score (nSPS) is 11.4. The van der Waals surface area contributed by atoms with Gasteiger partial charge in [-0.15, -0.1) is 0 Å². The summed E-state index contributed by atoms with van der Waals surface area (Å²) in [6.07, 6.45) is -4.39. The molecule has 0 saturated heterocycles. The number of ketones is 1. The van der Waals surface area contributed by atoms with Gasteiger partial charge in [0.1, 0.15) is 0 Å². The lowest BCUT2D eigenvalue weighted by Gasteiger charge is -2.06. The molecule has 0 aliphatic carbocycles. The molecule has 3 rings (SSSR count). The molecule has 1 heterocycles. The Morgan fingerprint density at radius 1 is 0.957 bits per heavy atom. The third kappa shape index (κ3) is 3.29. The summed E-state index contributed by atoms with van der Waals surface area (Å²) in [7, 11) is 0. The van der Waals surface area contributed by atoms with Crippen LogP contribution in [0.5, 0.6) is 0 Å². The van der Waals surface area contributed by atoms with Crippen molar-refractivity contribution in [2.24, 2.45) is 0 Å². The van der Waals surface area contributed by atoms with E-state index in [2.05, 4.69) is 9.36 Å². The molecule has 2 aromatic carbocycles. The van der Waals surface area contributed by atoms with E-state index in [4.69, 9.17) is 0 Å². The van der Waals surface area contributed by atoms with Gasteiger partial charge in [-0.3, -0.25) is 4.79 Å². The van der Waals surface area contributed by atoms with Gasteiger partial charge in [-0.1, -0.05) is 42.5 Å². The van der Waals surface area contributed by atoms with Gasteiger partial charge in [-0.2, -0.15) is 17.5 Å². The van der Waals surface area contributed by atoms with Crippen LogP contribution in [0.3, 0.4) is 0 Å². The number of nitrogens with zero attached hydrogens (tertiary/aromatic N) is 2. The van der Waals surface area contributed by atoms with Crippen LogP contribution in [0.2, 0.25) is 0 Å². The Bertz CT molecular complexity index is 827. The SMILES string of the molecule is O=C(c1ccccc1)c1nc(-c2ccc(C(F)(F)F)cc2)ns1. The highest BCUT2D eigenvalue weighted by atomic mass is 32.1. The molecule has 0 aliphatic heterocycles. The van der Waals surface area contributed by atoms with Crippen LogP contribution in [0.1, 0.15) is 20.9 Å². The summed E-state index contributed by atoms with van der Waals surface area (Å²) < 4.78 is 41.7. The summed E-state index contributed by atoms with van der Waals surface area (Å²) in [5.41, 5.74) is 0.182. The topological polar surface area (TPSA) is 42.9 Å². The van der Waals surface area contributed by atoms with Crippen molar-refractivity contribution >= 4 is 17.3 Å². The molecule has 0 spiro atoms. The van der Waals surface area contributed by atoms with Crippen molar-refractivity contribution in [2.45, 2.75) is 6.18 Å². The van der Waals surface area contributed by atoms with Gasteiger partial charge in [0.2, 0.25) is 5.78 Å². The number of hydrogen-bond donors (Lipinski definition) is 0. The number of carbonyl (C=O) groups excluding carboxylic acids is 1. The van der Waals surface area contributed by atoms with Crippen LogP contribution in [0.15, 0.2) is 54.6 Å². The standard InChI is InChI=1S/C16H9F3N2OS/c17-16(18,19)12-8-6-11(7-9-12)14-20-15(23-21-14)13(22)10-4-2-1-3-5-10/h1-9H. The van der Waals surface area contributed by atoms with Gasteiger partial charge < -0.3 is 0 Å². The highest BCUT2D eigenvalue weighted by Crippen LogP contribution is 2.30. The van der Waals surface area contributed by atoms with E-state index in [0.717, 1.165) is 23.7 Å². The fourth-order valence-electron chi connectivity index (χ4n) is 1.95. The monoisotopic (exact) mass is 334 g/mol. The molecule has 0 aliphatic rings. The predicted molar refractivity (Wildman–Crippen MR) is 80.2 cm³/mol. The molecule has 0 radical (unpaired) electrons. The number of alkyl halides is 3. The van der Waals surface area contributed by atoms with Gasteiger partial charge in [0, 0.05) is 11.1 Å². The zero-order valence-electron chi connectivity index (χ0n) is 11.5. The average Bonchev–Trinajstić information content (AvgIpc) is 3.04. The molecule has 116 valence electrons. The lowest BCUT2D eigenvalue weighted by atomic mass is 10.1. The van der Waals surface area contributed by atoms with E-state index in [1.165, 1.54) is 12.1 Å². The molecule has 3 nitrogen and oxygen atoms in total. The van der Waals surface area contributed by atoms with Crippen LogP contribution in [0, 0.1) is 0 Å². The first-order valence-corrected chi connectivity index (χ1v) is 7.33. The second kappa shape index (κ2) is 5.92. The first-order valence-electron chi connectivity index (χ1n) is 6.56. The molecule has 3 aromatic rings. The van der Waals surface area contributed by atoms with Gasteiger partial charge in [-0.05, 0) is 23.7 Å². The number of hydrogen-bond acceptors (Lipinski definition) is 4. The summed E-state index contributed by atoms with van der Waals surface area (Å²) in [6.45, 7) is 0. The fourth-order valence-corrected chi connectivity index (χ4v) is 2.60. The minimum atomic E-state index is -4.39. The summed E-state index contributed by atoms with van der Waals surface area (Å²) in [5.74, 6) is -0.0238. The third-order valence-corrected chi connectivity index (χ3v) is 3.84. The minimum absolute atomic E-state index is 0.200. The molecule has 7 heteroatoms. The van der Waals surface area contributed by atoms with E-state index >= 15 is 0 Å². The number of rotatable bonds is 3. The Morgan fingerprint density at radius 3 is 2.22 bits per heavy atom. The first-order chi connectivity index (χ1) is 10.9. The molecule has 0 saturated carbocycles. The quantitative estimate of drug-likeness (QED) is 0.664.